The number of fused-ring (bicyclic) bond motifs is 8. The summed E-state index contributed by atoms with van der Waals surface area (Å²) >= 11 is 0. The van der Waals surface area contributed by atoms with Gasteiger partial charge in [0.1, 0.15) is 6.04 Å². The van der Waals surface area contributed by atoms with E-state index in [9.17, 15) is 9.59 Å². The van der Waals surface area contributed by atoms with Crippen LogP contribution in [0.15, 0.2) is 30.5 Å². The largest absolute Gasteiger partial charge is 0.343 e. The smallest absolute Gasteiger partial charge is 0.218 e. The molecule has 3 saturated heterocycles. The van der Waals surface area contributed by atoms with Crippen molar-refractivity contribution in [3.05, 3.63) is 41.6 Å². The molecule has 118 valence electrons. The SMILES string of the molecule is CC(=O)[C@@H]1[C@@H]2[C@H](C(=O)[C@H]3OC[C@@H]2O3)[C@@H]2c3ccccc3C=C[NH+]12. The summed E-state index contributed by atoms with van der Waals surface area (Å²) in [5.41, 5.74) is 2.29. The molecule has 1 unspecified atom stereocenters. The van der Waals surface area contributed by atoms with E-state index >= 15 is 0 Å². The number of ketones is 2. The molecule has 0 saturated carbocycles. The van der Waals surface area contributed by atoms with Gasteiger partial charge in [0.2, 0.25) is 6.29 Å². The summed E-state index contributed by atoms with van der Waals surface area (Å²) in [6, 6.07) is 7.88. The molecule has 5 nitrogen and oxygen atoms in total. The van der Waals surface area contributed by atoms with Crippen LogP contribution in [0.25, 0.3) is 6.08 Å². The van der Waals surface area contributed by atoms with Crippen LogP contribution in [0.2, 0.25) is 0 Å². The number of benzene rings is 1. The molecule has 0 amide bonds. The van der Waals surface area contributed by atoms with Crippen LogP contribution in [-0.2, 0) is 19.1 Å². The van der Waals surface area contributed by atoms with Crippen LogP contribution >= 0.6 is 0 Å². The zero-order valence-corrected chi connectivity index (χ0v) is 12.8. The lowest BCUT2D eigenvalue weighted by Crippen LogP contribution is -3.11. The molecule has 0 spiro atoms. The van der Waals surface area contributed by atoms with Crippen LogP contribution in [-0.4, -0.2) is 36.6 Å². The summed E-state index contributed by atoms with van der Waals surface area (Å²) in [7, 11) is 0. The molecule has 4 heterocycles. The van der Waals surface area contributed by atoms with E-state index in [0.29, 0.717) is 6.61 Å². The number of hydrogen-bond acceptors (Lipinski definition) is 4. The van der Waals surface area contributed by atoms with Gasteiger partial charge in [-0.15, -0.1) is 0 Å². The summed E-state index contributed by atoms with van der Waals surface area (Å²) in [5, 5.41) is 0. The fourth-order valence-electron chi connectivity index (χ4n) is 5.00. The molecule has 0 aliphatic carbocycles. The maximum Gasteiger partial charge on any atom is 0.218 e. The molecule has 5 heteroatoms. The van der Waals surface area contributed by atoms with Crippen molar-refractivity contribution in [3.8, 4) is 0 Å². The first-order valence-corrected chi connectivity index (χ1v) is 8.12. The first-order valence-electron chi connectivity index (χ1n) is 8.12. The maximum absolute atomic E-state index is 12.9. The molecule has 0 radical (unpaired) electrons. The van der Waals surface area contributed by atoms with Crippen molar-refractivity contribution in [2.24, 2.45) is 11.8 Å². The summed E-state index contributed by atoms with van der Waals surface area (Å²) < 4.78 is 11.2. The van der Waals surface area contributed by atoms with Crippen LogP contribution in [0, 0.1) is 11.8 Å². The van der Waals surface area contributed by atoms with Gasteiger partial charge >= 0.3 is 0 Å². The number of hydrogen-bond donors (Lipinski definition) is 1. The Hall–Kier alpha value is -1.82. The summed E-state index contributed by atoms with van der Waals surface area (Å²) in [4.78, 5) is 26.4. The zero-order chi connectivity index (χ0) is 15.7. The summed E-state index contributed by atoms with van der Waals surface area (Å²) in [6.45, 7) is 2.03. The second-order valence-corrected chi connectivity index (χ2v) is 6.87. The number of ether oxygens (including phenoxy) is 2. The first kappa shape index (κ1) is 13.6. The van der Waals surface area contributed by atoms with Crippen molar-refractivity contribution in [2.75, 3.05) is 6.61 Å². The van der Waals surface area contributed by atoms with Gasteiger partial charge in [-0.25, -0.2) is 0 Å². The highest BCUT2D eigenvalue weighted by Crippen LogP contribution is 2.46. The Labute approximate surface area is 133 Å². The monoisotopic (exact) mass is 312 g/mol. The van der Waals surface area contributed by atoms with E-state index in [4.69, 9.17) is 9.47 Å². The molecule has 1 aromatic rings. The van der Waals surface area contributed by atoms with E-state index in [2.05, 4.69) is 24.4 Å². The Kier molecular flexibility index (Phi) is 2.72. The van der Waals surface area contributed by atoms with Crippen LogP contribution < -0.4 is 4.90 Å². The molecule has 0 aromatic heterocycles. The molecule has 1 aromatic carbocycles. The highest BCUT2D eigenvalue weighted by atomic mass is 16.7. The Bertz CT molecular complexity index is 742. The van der Waals surface area contributed by atoms with Crippen molar-refractivity contribution in [1.29, 1.82) is 0 Å². The normalized spacial score (nSPS) is 43.0. The van der Waals surface area contributed by atoms with E-state index in [1.807, 2.05) is 12.1 Å². The van der Waals surface area contributed by atoms with Gasteiger partial charge in [0.05, 0.1) is 30.7 Å². The Morgan fingerprint density at radius 2 is 2.13 bits per heavy atom. The number of nitrogens with one attached hydrogen (secondary N) is 1. The molecular weight excluding hydrogens is 294 g/mol. The third-order valence-corrected chi connectivity index (χ3v) is 5.80. The third-order valence-electron chi connectivity index (χ3n) is 5.80. The van der Waals surface area contributed by atoms with Crippen LogP contribution in [0.4, 0.5) is 0 Å². The number of rotatable bonds is 1. The molecule has 5 rings (SSSR count). The quantitative estimate of drug-likeness (QED) is 0.800. The highest BCUT2D eigenvalue weighted by Gasteiger charge is 2.66. The first-order chi connectivity index (χ1) is 11.2. The van der Waals surface area contributed by atoms with Gasteiger partial charge in [-0.05, 0) is 11.6 Å². The number of Topliss-reactive ketones (excluding diaryl/α,β-unsaturated/α-hetero) is 2. The van der Waals surface area contributed by atoms with Gasteiger partial charge in [-0.3, -0.25) is 14.5 Å². The van der Waals surface area contributed by atoms with Gasteiger partial charge in [0.25, 0.3) is 0 Å². The van der Waals surface area contributed by atoms with Gasteiger partial charge in [0.15, 0.2) is 17.6 Å². The second-order valence-electron chi connectivity index (χ2n) is 6.87. The average molecular weight is 312 g/mol. The van der Waals surface area contributed by atoms with E-state index in [0.717, 1.165) is 16.0 Å². The summed E-state index contributed by atoms with van der Waals surface area (Å²) in [5.74, 6) is -0.200. The Balaban J connectivity index is 1.70. The van der Waals surface area contributed by atoms with E-state index in [-0.39, 0.29) is 41.6 Å². The lowest BCUT2D eigenvalue weighted by atomic mass is 9.76. The number of carbonyl (C=O) groups is 2. The molecule has 1 N–H and O–H groups in total. The van der Waals surface area contributed by atoms with E-state index in [1.54, 1.807) is 6.92 Å². The molecule has 7 atom stereocenters. The molecule has 4 aliphatic heterocycles. The fraction of sp³-hybridized carbons (Fsp3) is 0.444. The number of carbonyl (C=O) groups excluding carboxylic acids is 2. The topological polar surface area (TPSA) is 57.0 Å². The minimum atomic E-state index is -0.744. The maximum atomic E-state index is 12.9. The van der Waals surface area contributed by atoms with Gasteiger partial charge in [0, 0.05) is 12.5 Å². The second kappa shape index (κ2) is 4.60. The minimum absolute atomic E-state index is 0.0000954. The minimum Gasteiger partial charge on any atom is -0.343 e. The summed E-state index contributed by atoms with van der Waals surface area (Å²) in [6.07, 6.45) is 3.22. The van der Waals surface area contributed by atoms with Crippen molar-refractivity contribution >= 4 is 17.6 Å². The Morgan fingerprint density at radius 1 is 1.30 bits per heavy atom. The lowest BCUT2D eigenvalue weighted by Gasteiger charge is -2.30. The number of quaternary nitrogens is 1. The molecule has 23 heavy (non-hydrogen) atoms. The lowest BCUT2D eigenvalue weighted by molar-refractivity contribution is -0.885. The fourth-order valence-corrected chi connectivity index (χ4v) is 5.00. The molecule has 4 aliphatic rings. The molecule has 3 fully saturated rings. The van der Waals surface area contributed by atoms with Gasteiger partial charge < -0.3 is 9.47 Å². The molecular formula is C18H18NO4+. The molecule has 2 bridgehead atoms. The Morgan fingerprint density at radius 3 is 2.96 bits per heavy atom. The average Bonchev–Trinajstić information content (AvgIpc) is 3.13. The van der Waals surface area contributed by atoms with Crippen LogP contribution in [0.1, 0.15) is 24.1 Å². The van der Waals surface area contributed by atoms with Crippen molar-refractivity contribution < 1.29 is 24.0 Å². The van der Waals surface area contributed by atoms with Gasteiger partial charge in [-0.1, -0.05) is 24.3 Å². The predicted molar refractivity (Wildman–Crippen MR) is 80.2 cm³/mol. The highest BCUT2D eigenvalue weighted by molar-refractivity contribution is 5.90. The van der Waals surface area contributed by atoms with E-state index < -0.39 is 6.29 Å². The standard InChI is InChI=1S/C18H17NO4/c1-9(20)15-13-12-8-22-18(23-12)17(21)14(13)16-11-5-3-2-4-10(11)6-7-19(15)16/h2-7,12-16,18H,8H2,1H3/p+1/t12-,13-,14-,15+,16-,18-/m0/s1. The van der Waals surface area contributed by atoms with Gasteiger partial charge in [-0.2, -0.15) is 0 Å². The van der Waals surface area contributed by atoms with E-state index in [1.165, 1.54) is 0 Å². The van der Waals surface area contributed by atoms with Crippen molar-refractivity contribution in [1.82, 2.24) is 0 Å². The predicted octanol–water partition coefficient (Wildman–Crippen LogP) is 0.125. The third kappa shape index (κ3) is 1.67. The van der Waals surface area contributed by atoms with Crippen LogP contribution in [0.3, 0.4) is 0 Å². The zero-order valence-electron chi connectivity index (χ0n) is 12.8. The van der Waals surface area contributed by atoms with Crippen LogP contribution in [0.5, 0.6) is 0 Å². The van der Waals surface area contributed by atoms with Crippen molar-refractivity contribution in [3.63, 3.8) is 0 Å². The van der Waals surface area contributed by atoms with Crippen molar-refractivity contribution in [2.45, 2.75) is 31.4 Å².